The van der Waals surface area contributed by atoms with Crippen molar-refractivity contribution < 1.29 is 18.0 Å². The van der Waals surface area contributed by atoms with Crippen molar-refractivity contribution in [3.8, 4) is 0 Å². The van der Waals surface area contributed by atoms with Crippen LogP contribution in [0.1, 0.15) is 22.8 Å². The van der Waals surface area contributed by atoms with Crippen molar-refractivity contribution in [3.05, 3.63) is 29.3 Å². The van der Waals surface area contributed by atoms with Gasteiger partial charge < -0.3 is 0 Å². The molecule has 0 amide bonds. The number of hydrogen-bond donors (Lipinski definition) is 0. The van der Waals surface area contributed by atoms with Gasteiger partial charge in [0.2, 0.25) is 0 Å². The summed E-state index contributed by atoms with van der Waals surface area (Å²) in [5.41, 5.74) is -0.691. The quantitative estimate of drug-likeness (QED) is 0.465. The molecule has 0 bridgehead atoms. The van der Waals surface area contributed by atoms with Gasteiger partial charge in [0.1, 0.15) is 0 Å². The summed E-state index contributed by atoms with van der Waals surface area (Å²) in [6, 6.07) is 3.23. The van der Waals surface area contributed by atoms with E-state index in [2.05, 4.69) is 15.9 Å². The monoisotopic (exact) mass is 326 g/mol. The molecule has 94 valence electrons. The van der Waals surface area contributed by atoms with Crippen molar-refractivity contribution in [1.82, 2.24) is 0 Å². The van der Waals surface area contributed by atoms with Crippen LogP contribution in [0.4, 0.5) is 13.2 Å². The van der Waals surface area contributed by atoms with Gasteiger partial charge in [-0.1, -0.05) is 15.9 Å². The summed E-state index contributed by atoms with van der Waals surface area (Å²) in [6.45, 7) is 1.59. The van der Waals surface area contributed by atoms with Crippen molar-refractivity contribution >= 4 is 33.5 Å². The van der Waals surface area contributed by atoms with Crippen LogP contribution in [0.25, 0.3) is 0 Å². The Labute approximate surface area is 110 Å². The number of rotatable bonds is 3. The second kappa shape index (κ2) is 5.44. The van der Waals surface area contributed by atoms with E-state index < -0.39 is 16.6 Å². The summed E-state index contributed by atoms with van der Waals surface area (Å²) in [5.74, 6) is -0.347. The van der Waals surface area contributed by atoms with Crippen LogP contribution in [0.3, 0.4) is 0 Å². The second-order valence-corrected chi connectivity index (χ2v) is 5.61. The molecule has 1 nitrogen and oxygen atoms in total. The second-order valence-electron chi connectivity index (χ2n) is 3.39. The average Bonchev–Trinajstić information content (AvgIpc) is 2.25. The molecule has 1 aromatic rings. The molecule has 1 rings (SSSR count). The molecule has 0 heterocycles. The standard InChI is InChI=1S/C11H10BrF3OS/c1-6(12)10(16)8-5-7(11(13,14)15)3-4-9(8)17-2/h3-6H,1-2H3. The van der Waals surface area contributed by atoms with Crippen LogP contribution in [0, 0.1) is 0 Å². The number of alkyl halides is 4. The zero-order valence-electron chi connectivity index (χ0n) is 9.14. The summed E-state index contributed by atoms with van der Waals surface area (Å²) >= 11 is 4.33. The first-order valence-corrected chi connectivity index (χ1v) is 6.85. The van der Waals surface area contributed by atoms with Gasteiger partial charge in [-0.25, -0.2) is 0 Å². The van der Waals surface area contributed by atoms with E-state index in [9.17, 15) is 18.0 Å². The van der Waals surface area contributed by atoms with Gasteiger partial charge in [-0.2, -0.15) is 13.2 Å². The van der Waals surface area contributed by atoms with E-state index in [0.29, 0.717) is 4.90 Å². The van der Waals surface area contributed by atoms with Crippen LogP contribution in [0.2, 0.25) is 0 Å². The Balaban J connectivity index is 3.30. The predicted octanol–water partition coefficient (Wildman–Crippen LogP) is 4.39. The summed E-state index contributed by atoms with van der Waals surface area (Å²) in [6.07, 6.45) is -2.71. The number of carbonyl (C=O) groups is 1. The number of Topliss-reactive ketones (excluding diaryl/α,β-unsaturated/α-hetero) is 1. The van der Waals surface area contributed by atoms with Crippen LogP contribution in [0.15, 0.2) is 23.1 Å². The van der Waals surface area contributed by atoms with E-state index in [1.54, 1.807) is 13.2 Å². The smallest absolute Gasteiger partial charge is 0.293 e. The number of carbonyl (C=O) groups excluding carboxylic acids is 1. The van der Waals surface area contributed by atoms with Crippen LogP contribution < -0.4 is 0 Å². The maximum Gasteiger partial charge on any atom is 0.416 e. The maximum absolute atomic E-state index is 12.5. The van der Waals surface area contributed by atoms with Crippen molar-refractivity contribution in [2.75, 3.05) is 6.26 Å². The Morgan fingerprint density at radius 2 is 2.00 bits per heavy atom. The molecule has 17 heavy (non-hydrogen) atoms. The fourth-order valence-corrected chi connectivity index (χ4v) is 2.12. The van der Waals surface area contributed by atoms with E-state index in [-0.39, 0.29) is 11.3 Å². The highest BCUT2D eigenvalue weighted by Gasteiger charge is 2.32. The van der Waals surface area contributed by atoms with Crippen LogP contribution in [-0.4, -0.2) is 16.9 Å². The highest BCUT2D eigenvalue weighted by molar-refractivity contribution is 9.10. The molecule has 1 unspecified atom stereocenters. The van der Waals surface area contributed by atoms with Gasteiger partial charge in [-0.05, 0) is 31.4 Å². The molecule has 0 aliphatic rings. The van der Waals surface area contributed by atoms with Crippen LogP contribution >= 0.6 is 27.7 Å². The third-order valence-electron chi connectivity index (χ3n) is 2.15. The number of hydrogen-bond acceptors (Lipinski definition) is 2. The minimum atomic E-state index is -4.43. The zero-order valence-corrected chi connectivity index (χ0v) is 11.5. The van der Waals surface area contributed by atoms with E-state index in [4.69, 9.17) is 0 Å². The molecule has 0 saturated carbocycles. The Kier molecular flexibility index (Phi) is 4.66. The summed E-state index contributed by atoms with van der Waals surface area (Å²) in [4.78, 5) is 11.8. The fraction of sp³-hybridized carbons (Fsp3) is 0.364. The number of benzene rings is 1. The summed E-state index contributed by atoms with van der Waals surface area (Å²) < 4.78 is 37.6. The maximum atomic E-state index is 12.5. The van der Waals surface area contributed by atoms with Crippen molar-refractivity contribution in [2.45, 2.75) is 22.8 Å². The van der Waals surface area contributed by atoms with Crippen molar-refractivity contribution in [1.29, 1.82) is 0 Å². The third kappa shape index (κ3) is 3.48. The Morgan fingerprint density at radius 3 is 2.41 bits per heavy atom. The minimum absolute atomic E-state index is 0.108. The molecule has 0 spiro atoms. The SMILES string of the molecule is CSc1ccc(C(F)(F)F)cc1C(=O)C(C)Br. The third-order valence-corrected chi connectivity index (χ3v) is 3.37. The highest BCUT2D eigenvalue weighted by Crippen LogP contribution is 2.33. The fourth-order valence-electron chi connectivity index (χ4n) is 1.29. The van der Waals surface area contributed by atoms with Gasteiger partial charge >= 0.3 is 6.18 Å². The molecule has 0 N–H and O–H groups in total. The molecule has 0 aromatic heterocycles. The van der Waals surface area contributed by atoms with E-state index in [1.807, 2.05) is 0 Å². The van der Waals surface area contributed by atoms with E-state index in [0.717, 1.165) is 12.1 Å². The molecular weight excluding hydrogens is 317 g/mol. The lowest BCUT2D eigenvalue weighted by molar-refractivity contribution is -0.137. The van der Waals surface area contributed by atoms with Crippen LogP contribution in [0.5, 0.6) is 0 Å². The normalized spacial score (nSPS) is 13.5. The molecule has 0 radical (unpaired) electrons. The topological polar surface area (TPSA) is 17.1 Å². The molecule has 6 heteroatoms. The number of halogens is 4. The lowest BCUT2D eigenvalue weighted by atomic mass is 10.1. The molecule has 1 atom stereocenters. The summed E-state index contributed by atoms with van der Waals surface area (Å²) in [5, 5.41) is 0. The van der Waals surface area contributed by atoms with Gasteiger partial charge in [0.15, 0.2) is 5.78 Å². The first-order chi connectivity index (χ1) is 7.77. The number of ketones is 1. The van der Waals surface area contributed by atoms with Gasteiger partial charge in [-0.3, -0.25) is 4.79 Å². The van der Waals surface area contributed by atoms with E-state index >= 15 is 0 Å². The largest absolute Gasteiger partial charge is 0.416 e. The number of thioether (sulfide) groups is 1. The molecule has 0 aliphatic carbocycles. The van der Waals surface area contributed by atoms with Gasteiger partial charge in [0.05, 0.1) is 10.4 Å². The Bertz CT molecular complexity index is 429. The summed E-state index contributed by atoms with van der Waals surface area (Å²) in [7, 11) is 0. The molecule has 0 fully saturated rings. The molecule has 1 aromatic carbocycles. The van der Waals surface area contributed by atoms with Gasteiger partial charge in [0, 0.05) is 10.5 Å². The zero-order chi connectivity index (χ0) is 13.2. The Morgan fingerprint density at radius 1 is 1.41 bits per heavy atom. The molecule has 0 aliphatic heterocycles. The van der Waals surface area contributed by atoms with Gasteiger partial charge in [-0.15, -0.1) is 11.8 Å². The van der Waals surface area contributed by atoms with Gasteiger partial charge in [0.25, 0.3) is 0 Å². The van der Waals surface area contributed by atoms with Crippen molar-refractivity contribution in [2.24, 2.45) is 0 Å². The lowest BCUT2D eigenvalue weighted by Crippen LogP contribution is -2.14. The first-order valence-electron chi connectivity index (χ1n) is 4.71. The highest BCUT2D eigenvalue weighted by atomic mass is 79.9. The first kappa shape index (κ1) is 14.6. The van der Waals surface area contributed by atoms with Crippen molar-refractivity contribution in [3.63, 3.8) is 0 Å². The minimum Gasteiger partial charge on any atom is -0.293 e. The predicted molar refractivity (Wildman–Crippen MR) is 65.9 cm³/mol. The lowest BCUT2D eigenvalue weighted by Gasteiger charge is -2.12. The molecule has 0 saturated heterocycles. The Hall–Kier alpha value is -0.490. The van der Waals surface area contributed by atoms with Crippen LogP contribution in [-0.2, 0) is 6.18 Å². The van der Waals surface area contributed by atoms with E-state index in [1.165, 1.54) is 17.8 Å². The molecular formula is C11H10BrF3OS. The average molecular weight is 327 g/mol.